The third kappa shape index (κ3) is 1.71. The van der Waals surface area contributed by atoms with Crippen molar-refractivity contribution in [2.24, 2.45) is 0 Å². The third-order valence-electron chi connectivity index (χ3n) is 3.44. The highest BCUT2D eigenvalue weighted by molar-refractivity contribution is 14.1. The fraction of sp³-hybridized carbons (Fsp3) is 0.500. The third-order valence-corrected chi connectivity index (χ3v) is 4.73. The molecular weight excluding hydrogens is 329 g/mol. The average molecular weight is 343 g/mol. The summed E-state index contributed by atoms with van der Waals surface area (Å²) in [5.74, 6) is 0. The van der Waals surface area contributed by atoms with Crippen molar-refractivity contribution in [3.8, 4) is 0 Å². The van der Waals surface area contributed by atoms with Gasteiger partial charge in [0.2, 0.25) is 0 Å². The molecule has 0 atom stereocenters. The number of aromatic amines is 1. The summed E-state index contributed by atoms with van der Waals surface area (Å²) in [6, 6.07) is 0. The molecule has 0 radical (unpaired) electrons. The van der Waals surface area contributed by atoms with Crippen LogP contribution in [0.3, 0.4) is 0 Å². The van der Waals surface area contributed by atoms with Crippen LogP contribution in [0.2, 0.25) is 0 Å². The van der Waals surface area contributed by atoms with Gasteiger partial charge in [-0.3, -0.25) is 4.79 Å². The Hall–Kier alpha value is -0.850. The van der Waals surface area contributed by atoms with E-state index in [0.29, 0.717) is 0 Å². The predicted octanol–water partition coefficient (Wildman–Crippen LogP) is 2.20. The van der Waals surface area contributed by atoms with Crippen molar-refractivity contribution in [1.29, 1.82) is 0 Å². The molecule has 0 bridgehead atoms. The fourth-order valence-corrected chi connectivity index (χ4v) is 3.01. The molecule has 0 aliphatic heterocycles. The zero-order valence-electron chi connectivity index (χ0n) is 9.72. The summed E-state index contributed by atoms with van der Waals surface area (Å²) < 4.78 is 2.99. The second-order valence-corrected chi connectivity index (χ2v) is 5.68. The summed E-state index contributed by atoms with van der Waals surface area (Å²) in [5, 5.41) is 4.55. The summed E-state index contributed by atoms with van der Waals surface area (Å²) >= 11 is 2.25. The molecule has 1 aliphatic rings. The van der Waals surface area contributed by atoms with Gasteiger partial charge in [0.15, 0.2) is 0 Å². The van der Waals surface area contributed by atoms with Crippen LogP contribution >= 0.6 is 22.6 Å². The minimum Gasteiger partial charge on any atom is -0.306 e. The van der Waals surface area contributed by atoms with Gasteiger partial charge in [0.05, 0.1) is 15.0 Å². The first-order chi connectivity index (χ1) is 8.18. The van der Waals surface area contributed by atoms with Gasteiger partial charge in [-0.25, -0.2) is 4.52 Å². The molecule has 0 aromatic carbocycles. The Kier molecular flexibility index (Phi) is 2.72. The van der Waals surface area contributed by atoms with Gasteiger partial charge in [-0.05, 0) is 55.2 Å². The molecule has 90 valence electrons. The number of H-pyrrole nitrogens is 1. The average Bonchev–Trinajstić information content (AvgIpc) is 2.55. The van der Waals surface area contributed by atoms with Crippen molar-refractivity contribution in [1.82, 2.24) is 14.6 Å². The van der Waals surface area contributed by atoms with Crippen LogP contribution in [0.15, 0.2) is 4.79 Å². The maximum atomic E-state index is 12.1. The van der Waals surface area contributed by atoms with Gasteiger partial charge >= 0.3 is 0 Å². The first-order valence-corrected chi connectivity index (χ1v) is 7.05. The van der Waals surface area contributed by atoms with Gasteiger partial charge < -0.3 is 4.98 Å². The van der Waals surface area contributed by atoms with E-state index in [9.17, 15) is 4.79 Å². The summed E-state index contributed by atoms with van der Waals surface area (Å²) in [6.45, 7) is 1.98. The highest BCUT2D eigenvalue weighted by Gasteiger charge is 2.18. The first-order valence-electron chi connectivity index (χ1n) is 5.97. The number of hydrogen-bond donors (Lipinski definition) is 1. The second kappa shape index (κ2) is 4.12. The molecule has 0 amide bonds. The Morgan fingerprint density at radius 2 is 2.06 bits per heavy atom. The number of aryl methyl sites for hydroxylation is 2. The summed E-state index contributed by atoms with van der Waals surface area (Å²) in [5.41, 5.74) is 3.97. The zero-order chi connectivity index (χ0) is 12.0. The number of halogens is 1. The molecule has 17 heavy (non-hydrogen) atoms. The van der Waals surface area contributed by atoms with E-state index in [1.807, 2.05) is 11.4 Å². The standard InChI is InChI=1S/C12H14IN3O/c1-7-10(13)11-14-12(17)8-5-3-2-4-6-9(8)16(11)15-7/h2-6H2,1H3,(H,14,17). The van der Waals surface area contributed by atoms with Gasteiger partial charge in [0, 0.05) is 5.56 Å². The monoisotopic (exact) mass is 343 g/mol. The van der Waals surface area contributed by atoms with E-state index in [1.165, 1.54) is 6.42 Å². The molecule has 1 aliphatic carbocycles. The molecule has 0 unspecified atom stereocenters. The van der Waals surface area contributed by atoms with E-state index in [0.717, 1.165) is 51.9 Å². The van der Waals surface area contributed by atoms with E-state index in [2.05, 4.69) is 32.7 Å². The lowest BCUT2D eigenvalue weighted by molar-refractivity contribution is 0.701. The Morgan fingerprint density at radius 1 is 1.29 bits per heavy atom. The van der Waals surface area contributed by atoms with E-state index in [1.54, 1.807) is 0 Å². The van der Waals surface area contributed by atoms with E-state index < -0.39 is 0 Å². The highest BCUT2D eigenvalue weighted by atomic mass is 127. The predicted molar refractivity (Wildman–Crippen MR) is 74.5 cm³/mol. The molecule has 0 spiro atoms. The number of aromatic nitrogens is 3. The van der Waals surface area contributed by atoms with Gasteiger partial charge in [-0.2, -0.15) is 5.10 Å². The zero-order valence-corrected chi connectivity index (χ0v) is 11.9. The Bertz CT molecular complexity index is 641. The molecule has 5 heteroatoms. The van der Waals surface area contributed by atoms with Crippen molar-refractivity contribution < 1.29 is 0 Å². The number of fused-ring (bicyclic) bond motifs is 3. The largest absolute Gasteiger partial charge is 0.306 e. The molecule has 2 aromatic heterocycles. The van der Waals surface area contributed by atoms with Gasteiger partial charge in [0.1, 0.15) is 5.65 Å². The molecule has 3 rings (SSSR count). The molecule has 2 aromatic rings. The lowest BCUT2D eigenvalue weighted by atomic mass is 10.1. The van der Waals surface area contributed by atoms with Crippen LogP contribution in [0.4, 0.5) is 0 Å². The fourth-order valence-electron chi connectivity index (χ4n) is 2.54. The van der Waals surface area contributed by atoms with Crippen LogP contribution in [-0.4, -0.2) is 14.6 Å². The summed E-state index contributed by atoms with van der Waals surface area (Å²) in [4.78, 5) is 15.1. The molecule has 1 N–H and O–H groups in total. The van der Waals surface area contributed by atoms with Crippen LogP contribution in [-0.2, 0) is 12.8 Å². The van der Waals surface area contributed by atoms with Crippen molar-refractivity contribution in [2.45, 2.75) is 39.0 Å². The smallest absolute Gasteiger partial charge is 0.254 e. The second-order valence-electron chi connectivity index (χ2n) is 4.60. The Morgan fingerprint density at radius 3 is 2.88 bits per heavy atom. The molecule has 2 heterocycles. The van der Waals surface area contributed by atoms with Gasteiger partial charge in [-0.15, -0.1) is 0 Å². The van der Waals surface area contributed by atoms with Crippen molar-refractivity contribution in [3.63, 3.8) is 0 Å². The van der Waals surface area contributed by atoms with E-state index in [-0.39, 0.29) is 5.56 Å². The number of nitrogens with one attached hydrogen (secondary N) is 1. The summed E-state index contributed by atoms with van der Waals surface area (Å²) in [6.07, 6.45) is 5.32. The van der Waals surface area contributed by atoms with Gasteiger partial charge in [-0.1, -0.05) is 6.42 Å². The van der Waals surface area contributed by atoms with Crippen LogP contribution < -0.4 is 5.56 Å². The maximum absolute atomic E-state index is 12.1. The van der Waals surface area contributed by atoms with E-state index >= 15 is 0 Å². The molecule has 0 saturated carbocycles. The maximum Gasteiger partial charge on any atom is 0.254 e. The van der Waals surface area contributed by atoms with Crippen LogP contribution in [0.1, 0.15) is 36.2 Å². The molecular formula is C12H14IN3O. The number of nitrogens with zero attached hydrogens (tertiary/aromatic N) is 2. The molecule has 0 fully saturated rings. The lowest BCUT2D eigenvalue weighted by Crippen LogP contribution is -2.19. The number of hydrogen-bond acceptors (Lipinski definition) is 2. The van der Waals surface area contributed by atoms with Crippen LogP contribution in [0.5, 0.6) is 0 Å². The SMILES string of the molecule is Cc1nn2c3c(c(=O)[nH]c2c1I)CCCCC3. The molecule has 0 saturated heterocycles. The molecule has 4 nitrogen and oxygen atoms in total. The normalized spacial score (nSPS) is 15.9. The van der Waals surface area contributed by atoms with Crippen LogP contribution in [0.25, 0.3) is 5.65 Å². The van der Waals surface area contributed by atoms with E-state index in [4.69, 9.17) is 0 Å². The minimum absolute atomic E-state index is 0.0761. The number of rotatable bonds is 0. The lowest BCUT2D eigenvalue weighted by Gasteiger charge is -2.07. The van der Waals surface area contributed by atoms with Crippen LogP contribution in [0, 0.1) is 10.5 Å². The van der Waals surface area contributed by atoms with Crippen molar-refractivity contribution in [3.05, 3.63) is 30.9 Å². The Balaban J connectivity index is 2.40. The van der Waals surface area contributed by atoms with Crippen molar-refractivity contribution in [2.75, 3.05) is 0 Å². The van der Waals surface area contributed by atoms with Gasteiger partial charge in [0.25, 0.3) is 5.56 Å². The highest BCUT2D eigenvalue weighted by Crippen LogP contribution is 2.21. The topological polar surface area (TPSA) is 50.2 Å². The first kappa shape index (κ1) is 11.3. The van der Waals surface area contributed by atoms with Crippen molar-refractivity contribution >= 4 is 28.2 Å². The quantitative estimate of drug-likeness (QED) is 0.589. The minimum atomic E-state index is 0.0761. The Labute approximate surface area is 113 Å². The summed E-state index contributed by atoms with van der Waals surface area (Å²) in [7, 11) is 0.